The number of hydrogen-bond acceptors (Lipinski definition) is 2. The Balaban J connectivity index is 1.78. The monoisotopic (exact) mass is 276 g/mol. The molecule has 2 nitrogen and oxygen atoms in total. The molecule has 20 heavy (non-hydrogen) atoms. The summed E-state index contributed by atoms with van der Waals surface area (Å²) >= 11 is 0. The van der Waals surface area contributed by atoms with Crippen molar-refractivity contribution in [2.45, 2.75) is 102 Å². The first-order valence-corrected chi connectivity index (χ1v) is 9.06. The van der Waals surface area contributed by atoms with Crippen molar-refractivity contribution in [2.24, 2.45) is 5.92 Å². The molecule has 2 aliphatic carbocycles. The normalized spacial score (nSPS) is 31.1. The first-order valence-electron chi connectivity index (χ1n) is 9.06. The van der Waals surface area contributed by atoms with Crippen LogP contribution < -0.4 is 5.32 Å². The maximum Gasteiger partial charge on any atom is 0.0672 e. The molecule has 2 unspecified atom stereocenters. The molecule has 2 atom stereocenters. The molecule has 2 aliphatic rings. The van der Waals surface area contributed by atoms with Crippen LogP contribution in [0.5, 0.6) is 0 Å². The largest absolute Gasteiger partial charge is 0.310 e. The number of hydrogen-bond donors (Lipinski definition) is 1. The van der Waals surface area contributed by atoms with Crippen molar-refractivity contribution < 1.29 is 0 Å². The zero-order chi connectivity index (χ0) is 14.0. The summed E-state index contributed by atoms with van der Waals surface area (Å²) in [6.07, 6.45) is 19.0. The third-order valence-electron chi connectivity index (χ3n) is 5.24. The number of nitrogens with zero attached hydrogens (tertiary/aromatic N) is 1. The molecule has 0 aromatic carbocycles. The van der Waals surface area contributed by atoms with Crippen LogP contribution in [0.25, 0.3) is 0 Å². The summed E-state index contributed by atoms with van der Waals surface area (Å²) in [5, 5.41) is 13.1. The molecule has 114 valence electrons. The van der Waals surface area contributed by atoms with E-state index in [0.717, 1.165) is 6.42 Å². The van der Waals surface area contributed by atoms with E-state index < -0.39 is 0 Å². The van der Waals surface area contributed by atoms with Crippen molar-refractivity contribution in [1.82, 2.24) is 5.32 Å². The fourth-order valence-corrected chi connectivity index (χ4v) is 3.95. The van der Waals surface area contributed by atoms with Crippen LogP contribution in [0.3, 0.4) is 0 Å². The van der Waals surface area contributed by atoms with E-state index in [2.05, 4.69) is 11.4 Å². The second-order valence-corrected chi connectivity index (χ2v) is 6.90. The predicted octanol–water partition coefficient (Wildman–Crippen LogP) is 4.94. The number of nitriles is 1. The van der Waals surface area contributed by atoms with Gasteiger partial charge in [-0.15, -0.1) is 0 Å². The maximum absolute atomic E-state index is 9.23. The van der Waals surface area contributed by atoms with Gasteiger partial charge in [0.15, 0.2) is 0 Å². The first kappa shape index (κ1) is 15.8. The summed E-state index contributed by atoms with van der Waals surface area (Å²) in [7, 11) is 0. The van der Waals surface area contributed by atoms with Crippen LogP contribution in [-0.4, -0.2) is 12.1 Å². The summed E-state index contributed by atoms with van der Waals surface area (Å²) in [5.41, 5.74) is 0. The van der Waals surface area contributed by atoms with E-state index in [1.54, 1.807) is 0 Å². The molecule has 1 N–H and O–H groups in total. The summed E-state index contributed by atoms with van der Waals surface area (Å²) < 4.78 is 0. The first-order chi connectivity index (χ1) is 9.90. The molecule has 2 fully saturated rings. The third-order valence-corrected chi connectivity index (χ3v) is 5.24. The van der Waals surface area contributed by atoms with E-state index in [-0.39, 0.29) is 5.92 Å². The SMILES string of the molecule is N#CC1CCCC1NC1CCCCCCCCCCC1. The van der Waals surface area contributed by atoms with Crippen LogP contribution in [0.15, 0.2) is 0 Å². The van der Waals surface area contributed by atoms with Crippen LogP contribution in [0, 0.1) is 17.2 Å². The quantitative estimate of drug-likeness (QED) is 0.775. The van der Waals surface area contributed by atoms with Gasteiger partial charge in [-0.05, 0) is 25.7 Å². The van der Waals surface area contributed by atoms with Crippen molar-refractivity contribution in [2.75, 3.05) is 0 Å². The van der Waals surface area contributed by atoms with E-state index in [1.807, 2.05) is 0 Å². The maximum atomic E-state index is 9.23. The van der Waals surface area contributed by atoms with Crippen molar-refractivity contribution in [1.29, 1.82) is 5.26 Å². The molecule has 0 aromatic heterocycles. The molecule has 0 spiro atoms. The topological polar surface area (TPSA) is 35.8 Å². The molecule has 2 saturated carbocycles. The Hall–Kier alpha value is -0.550. The smallest absolute Gasteiger partial charge is 0.0672 e. The number of nitrogens with one attached hydrogen (secondary N) is 1. The highest BCUT2D eigenvalue weighted by Gasteiger charge is 2.28. The highest BCUT2D eigenvalue weighted by atomic mass is 15.0. The minimum absolute atomic E-state index is 0.274. The van der Waals surface area contributed by atoms with Crippen molar-refractivity contribution in [3.63, 3.8) is 0 Å². The Labute approximate surface area is 125 Å². The van der Waals surface area contributed by atoms with Gasteiger partial charge in [-0.3, -0.25) is 0 Å². The predicted molar refractivity (Wildman–Crippen MR) is 84.5 cm³/mol. The van der Waals surface area contributed by atoms with Gasteiger partial charge in [-0.2, -0.15) is 5.26 Å². The van der Waals surface area contributed by atoms with E-state index in [1.165, 1.54) is 83.5 Å². The van der Waals surface area contributed by atoms with E-state index >= 15 is 0 Å². The van der Waals surface area contributed by atoms with E-state index in [0.29, 0.717) is 12.1 Å². The third kappa shape index (κ3) is 5.44. The van der Waals surface area contributed by atoms with Gasteiger partial charge in [-0.25, -0.2) is 0 Å². The lowest BCUT2D eigenvalue weighted by Crippen LogP contribution is -2.40. The fourth-order valence-electron chi connectivity index (χ4n) is 3.95. The average Bonchev–Trinajstić information content (AvgIpc) is 2.89. The number of rotatable bonds is 2. The molecule has 0 bridgehead atoms. The van der Waals surface area contributed by atoms with Crippen molar-refractivity contribution in [3.05, 3.63) is 0 Å². The van der Waals surface area contributed by atoms with Gasteiger partial charge in [0.1, 0.15) is 0 Å². The summed E-state index contributed by atoms with van der Waals surface area (Å²) in [6.45, 7) is 0. The van der Waals surface area contributed by atoms with Gasteiger partial charge < -0.3 is 5.32 Å². The van der Waals surface area contributed by atoms with Gasteiger partial charge in [0.05, 0.1) is 12.0 Å². The molecule has 2 heteroatoms. The van der Waals surface area contributed by atoms with Gasteiger partial charge in [0.25, 0.3) is 0 Å². The van der Waals surface area contributed by atoms with Crippen LogP contribution in [0.2, 0.25) is 0 Å². The van der Waals surface area contributed by atoms with Gasteiger partial charge in [-0.1, -0.05) is 64.2 Å². The molecule has 0 amide bonds. The van der Waals surface area contributed by atoms with Gasteiger partial charge in [0.2, 0.25) is 0 Å². The summed E-state index contributed by atoms with van der Waals surface area (Å²) in [6, 6.07) is 3.67. The Morgan fingerprint density at radius 3 is 1.75 bits per heavy atom. The minimum atomic E-state index is 0.274. The second-order valence-electron chi connectivity index (χ2n) is 6.90. The molecule has 0 aliphatic heterocycles. The molecule has 0 aromatic rings. The Morgan fingerprint density at radius 1 is 0.650 bits per heavy atom. The summed E-state index contributed by atoms with van der Waals surface area (Å²) in [4.78, 5) is 0. The fraction of sp³-hybridized carbons (Fsp3) is 0.944. The average molecular weight is 276 g/mol. The molecular weight excluding hydrogens is 244 g/mol. The van der Waals surface area contributed by atoms with Gasteiger partial charge in [0, 0.05) is 12.1 Å². The van der Waals surface area contributed by atoms with Gasteiger partial charge >= 0.3 is 0 Å². The zero-order valence-corrected chi connectivity index (χ0v) is 13.1. The lowest BCUT2D eigenvalue weighted by molar-refractivity contribution is 0.343. The second kappa shape index (κ2) is 9.40. The lowest BCUT2D eigenvalue weighted by atomic mass is 9.96. The van der Waals surface area contributed by atoms with Crippen molar-refractivity contribution >= 4 is 0 Å². The Kier molecular flexibility index (Phi) is 7.44. The lowest BCUT2D eigenvalue weighted by Gasteiger charge is -2.25. The summed E-state index contributed by atoms with van der Waals surface area (Å²) in [5.74, 6) is 0.274. The van der Waals surface area contributed by atoms with E-state index in [4.69, 9.17) is 0 Å². The molecule has 0 saturated heterocycles. The van der Waals surface area contributed by atoms with Crippen LogP contribution in [0.1, 0.15) is 89.9 Å². The highest BCUT2D eigenvalue weighted by molar-refractivity contribution is 4.97. The minimum Gasteiger partial charge on any atom is -0.310 e. The molecule has 0 heterocycles. The van der Waals surface area contributed by atoms with E-state index in [9.17, 15) is 5.26 Å². The molecule has 2 rings (SSSR count). The van der Waals surface area contributed by atoms with Crippen LogP contribution >= 0.6 is 0 Å². The van der Waals surface area contributed by atoms with Crippen LogP contribution in [-0.2, 0) is 0 Å². The standard InChI is InChI=1S/C18H32N2/c19-15-16-11-10-14-18(16)20-17-12-8-6-4-2-1-3-5-7-9-13-17/h16-18,20H,1-14H2. The molecular formula is C18H32N2. The Morgan fingerprint density at radius 2 is 1.20 bits per heavy atom. The molecule has 0 radical (unpaired) electrons. The highest BCUT2D eigenvalue weighted by Crippen LogP contribution is 2.26. The zero-order valence-electron chi connectivity index (χ0n) is 13.1. The Bertz CT molecular complexity index is 282. The van der Waals surface area contributed by atoms with Crippen LogP contribution in [0.4, 0.5) is 0 Å². The van der Waals surface area contributed by atoms with Crippen molar-refractivity contribution in [3.8, 4) is 6.07 Å².